The van der Waals surface area contributed by atoms with E-state index in [1.165, 1.54) is 5.56 Å². The molecule has 2 amide bonds. The third kappa shape index (κ3) is 5.44. The van der Waals surface area contributed by atoms with Crippen LogP contribution in [0.15, 0.2) is 66.7 Å². The van der Waals surface area contributed by atoms with Crippen molar-refractivity contribution in [2.45, 2.75) is 39.2 Å². The number of benzene rings is 3. The van der Waals surface area contributed by atoms with Gasteiger partial charge in [0.15, 0.2) is 6.61 Å². The van der Waals surface area contributed by atoms with Gasteiger partial charge in [0.1, 0.15) is 11.5 Å². The largest absolute Gasteiger partial charge is 0.495 e. The van der Waals surface area contributed by atoms with Gasteiger partial charge >= 0.3 is 0 Å². The fourth-order valence-corrected chi connectivity index (χ4v) is 5.21. The molecule has 0 N–H and O–H groups in total. The molecular weight excluding hydrogens is 490 g/mol. The maximum atomic E-state index is 13.4. The van der Waals surface area contributed by atoms with Crippen molar-refractivity contribution in [2.24, 2.45) is 0 Å². The molecule has 7 nitrogen and oxygen atoms in total. The van der Waals surface area contributed by atoms with Crippen LogP contribution in [0, 0.1) is 0 Å². The molecule has 39 heavy (non-hydrogen) atoms. The summed E-state index contributed by atoms with van der Waals surface area (Å²) in [6, 6.07) is 21.7. The molecule has 0 spiro atoms. The van der Waals surface area contributed by atoms with Gasteiger partial charge in [0.2, 0.25) is 0 Å². The van der Waals surface area contributed by atoms with Crippen molar-refractivity contribution in [1.82, 2.24) is 4.90 Å². The maximum Gasteiger partial charge on any atom is 0.265 e. The quantitative estimate of drug-likeness (QED) is 0.419. The average molecular weight is 528 g/mol. The van der Waals surface area contributed by atoms with Crippen LogP contribution in [-0.2, 0) is 16.8 Å². The molecule has 0 aliphatic carbocycles. The molecule has 1 fully saturated rings. The van der Waals surface area contributed by atoms with Gasteiger partial charge in [-0.25, -0.2) is 0 Å². The number of carbonyl (C=O) groups excluding carboxylic acids is 2. The Morgan fingerprint density at radius 2 is 1.72 bits per heavy atom. The second-order valence-electron chi connectivity index (χ2n) is 10.8. The summed E-state index contributed by atoms with van der Waals surface area (Å²) in [7, 11) is 1.68. The number of rotatable bonds is 7. The maximum absolute atomic E-state index is 13.4. The van der Waals surface area contributed by atoms with Crippen LogP contribution in [0.25, 0.3) is 0 Å². The van der Waals surface area contributed by atoms with Crippen molar-refractivity contribution in [2.75, 3.05) is 49.7 Å². The first-order valence-electron chi connectivity index (χ1n) is 13.6. The Balaban J connectivity index is 1.30. The number of methoxy groups -OCH3 is 1. The van der Waals surface area contributed by atoms with E-state index in [1.807, 2.05) is 53.4 Å². The zero-order chi connectivity index (χ0) is 27.6. The number of fused-ring (bicyclic) bond motifs is 1. The molecule has 0 saturated carbocycles. The van der Waals surface area contributed by atoms with Crippen LogP contribution in [0.1, 0.15) is 48.7 Å². The number of ether oxygens (including phenoxy) is 2. The highest BCUT2D eigenvalue weighted by atomic mass is 16.5. The number of anilines is 2. The summed E-state index contributed by atoms with van der Waals surface area (Å²) in [4.78, 5) is 32.3. The van der Waals surface area contributed by atoms with E-state index in [-0.39, 0.29) is 23.8 Å². The summed E-state index contributed by atoms with van der Waals surface area (Å²) in [5.41, 5.74) is 4.55. The second-order valence-corrected chi connectivity index (χ2v) is 10.8. The van der Waals surface area contributed by atoms with Gasteiger partial charge in [-0.05, 0) is 59.4 Å². The number of carbonyl (C=O) groups is 2. The molecule has 0 atom stereocenters. The van der Waals surface area contributed by atoms with E-state index >= 15 is 0 Å². The fourth-order valence-electron chi connectivity index (χ4n) is 5.21. The summed E-state index contributed by atoms with van der Waals surface area (Å²) in [6.45, 7) is 9.71. The first kappa shape index (κ1) is 26.6. The molecule has 0 unspecified atom stereocenters. The highest BCUT2D eigenvalue weighted by Gasteiger charge is 2.29. The summed E-state index contributed by atoms with van der Waals surface area (Å²) >= 11 is 0. The summed E-state index contributed by atoms with van der Waals surface area (Å²) in [5, 5.41) is 0. The molecule has 1 saturated heterocycles. The van der Waals surface area contributed by atoms with Crippen LogP contribution in [0.4, 0.5) is 11.4 Å². The summed E-state index contributed by atoms with van der Waals surface area (Å²) in [6.07, 6.45) is 0.984. The van der Waals surface area contributed by atoms with E-state index in [0.717, 1.165) is 42.2 Å². The monoisotopic (exact) mass is 527 g/mol. The first-order chi connectivity index (χ1) is 18.8. The summed E-state index contributed by atoms with van der Waals surface area (Å²) < 4.78 is 11.3. The number of piperazine rings is 1. The smallest absolute Gasteiger partial charge is 0.265 e. The van der Waals surface area contributed by atoms with Gasteiger partial charge < -0.3 is 24.2 Å². The zero-order valence-corrected chi connectivity index (χ0v) is 23.3. The fraction of sp³-hybridized carbons (Fsp3) is 0.375. The Morgan fingerprint density at radius 1 is 0.949 bits per heavy atom. The lowest BCUT2D eigenvalue weighted by Gasteiger charge is -2.36. The van der Waals surface area contributed by atoms with Gasteiger partial charge in [-0.3, -0.25) is 9.59 Å². The van der Waals surface area contributed by atoms with Crippen molar-refractivity contribution in [1.29, 1.82) is 0 Å². The molecule has 2 aliphatic rings. The molecule has 7 heteroatoms. The van der Waals surface area contributed by atoms with Gasteiger partial charge in [-0.2, -0.15) is 0 Å². The molecule has 3 aromatic carbocycles. The van der Waals surface area contributed by atoms with E-state index in [2.05, 4.69) is 43.9 Å². The van der Waals surface area contributed by atoms with Crippen LogP contribution >= 0.6 is 0 Å². The lowest BCUT2D eigenvalue weighted by atomic mass is 9.82. The molecule has 2 heterocycles. The predicted molar refractivity (Wildman–Crippen MR) is 154 cm³/mol. The van der Waals surface area contributed by atoms with E-state index in [9.17, 15) is 9.59 Å². The highest BCUT2D eigenvalue weighted by molar-refractivity contribution is 5.98. The molecule has 2 aliphatic heterocycles. The number of para-hydroxylation sites is 2. The van der Waals surface area contributed by atoms with Crippen molar-refractivity contribution >= 4 is 23.2 Å². The van der Waals surface area contributed by atoms with Gasteiger partial charge in [0, 0.05) is 31.7 Å². The molecule has 0 aromatic heterocycles. The second kappa shape index (κ2) is 11.0. The van der Waals surface area contributed by atoms with E-state index in [1.54, 1.807) is 12.0 Å². The Kier molecular flexibility index (Phi) is 7.51. The molecular formula is C32H37N3O4. The highest BCUT2D eigenvalue weighted by Crippen LogP contribution is 2.38. The SMILES string of the molecule is CCC(C)(C)c1ccc2c(c1)N(Cc1cccc(C(=O)N3CCN(c4ccccc4OC)CC3)c1)C(=O)CO2. The van der Waals surface area contributed by atoms with Crippen molar-refractivity contribution in [3.63, 3.8) is 0 Å². The minimum absolute atomic E-state index is 0.0107. The van der Waals surface area contributed by atoms with Crippen LogP contribution in [-0.4, -0.2) is 56.6 Å². The third-order valence-corrected chi connectivity index (χ3v) is 8.07. The molecule has 0 radical (unpaired) electrons. The molecule has 3 aromatic rings. The number of nitrogens with zero attached hydrogens (tertiary/aromatic N) is 3. The third-order valence-electron chi connectivity index (χ3n) is 8.07. The van der Waals surface area contributed by atoms with Crippen LogP contribution < -0.4 is 19.3 Å². The number of hydrogen-bond acceptors (Lipinski definition) is 5. The molecule has 204 valence electrons. The minimum atomic E-state index is -0.0850. The zero-order valence-electron chi connectivity index (χ0n) is 23.3. The van der Waals surface area contributed by atoms with Crippen LogP contribution in [0.3, 0.4) is 0 Å². The topological polar surface area (TPSA) is 62.3 Å². The number of amides is 2. The van der Waals surface area contributed by atoms with Gasteiger partial charge in [0.05, 0.1) is 25.0 Å². The van der Waals surface area contributed by atoms with Gasteiger partial charge in [-0.15, -0.1) is 0 Å². The Morgan fingerprint density at radius 3 is 2.46 bits per heavy atom. The molecule has 5 rings (SSSR count). The van der Waals surface area contributed by atoms with Crippen LogP contribution in [0.2, 0.25) is 0 Å². The van der Waals surface area contributed by atoms with E-state index < -0.39 is 0 Å². The lowest BCUT2D eigenvalue weighted by molar-refractivity contribution is -0.121. The molecule has 0 bridgehead atoms. The standard InChI is InChI=1S/C32H37N3O4/c1-5-32(2,3)25-13-14-29-27(20-25)35(30(36)22-39-29)21-23-9-8-10-24(19-23)31(37)34-17-15-33(16-18-34)26-11-6-7-12-28(26)38-4/h6-14,19-20H,5,15-18,21-22H2,1-4H3. The summed E-state index contributed by atoms with van der Waals surface area (Å²) in [5.74, 6) is 1.48. The van der Waals surface area contributed by atoms with Crippen molar-refractivity contribution in [3.05, 3.63) is 83.4 Å². The van der Waals surface area contributed by atoms with Gasteiger partial charge in [0.25, 0.3) is 11.8 Å². The predicted octanol–water partition coefficient (Wildman–Crippen LogP) is 5.27. The minimum Gasteiger partial charge on any atom is -0.495 e. The van der Waals surface area contributed by atoms with E-state index in [4.69, 9.17) is 9.47 Å². The lowest BCUT2D eigenvalue weighted by Crippen LogP contribution is -2.48. The van der Waals surface area contributed by atoms with Gasteiger partial charge in [-0.1, -0.05) is 51.1 Å². The average Bonchev–Trinajstić information content (AvgIpc) is 2.98. The Labute approximate surface area is 230 Å². The van der Waals surface area contributed by atoms with Crippen molar-refractivity contribution in [3.8, 4) is 11.5 Å². The normalized spacial score (nSPS) is 15.6. The number of hydrogen-bond donors (Lipinski definition) is 0. The Bertz CT molecular complexity index is 1360. The van der Waals surface area contributed by atoms with Crippen molar-refractivity contribution < 1.29 is 19.1 Å². The first-order valence-corrected chi connectivity index (χ1v) is 13.6. The Hall–Kier alpha value is -4.00. The van der Waals surface area contributed by atoms with E-state index in [0.29, 0.717) is 30.9 Å². The van der Waals surface area contributed by atoms with Crippen LogP contribution in [0.5, 0.6) is 11.5 Å².